The summed E-state index contributed by atoms with van der Waals surface area (Å²) in [5, 5.41) is 2.97. The van der Waals surface area contributed by atoms with Gasteiger partial charge in [-0.15, -0.1) is 0 Å². The Morgan fingerprint density at radius 2 is 1.48 bits per heavy atom. The van der Waals surface area contributed by atoms with E-state index in [2.05, 4.69) is 49.4 Å². The Morgan fingerprint density at radius 1 is 0.862 bits per heavy atom. The molecular weight excluding hydrogens is 362 g/mol. The maximum Gasteiger partial charge on any atom is 0.271 e. The van der Waals surface area contributed by atoms with Crippen molar-refractivity contribution < 1.29 is 4.79 Å². The summed E-state index contributed by atoms with van der Waals surface area (Å²) >= 11 is 0. The molecule has 0 radical (unpaired) electrons. The molecule has 0 bridgehead atoms. The van der Waals surface area contributed by atoms with Gasteiger partial charge in [0.25, 0.3) is 5.91 Å². The lowest BCUT2D eigenvalue weighted by atomic mass is 10.1. The number of nitrogens with one attached hydrogen (secondary N) is 1. The van der Waals surface area contributed by atoms with E-state index in [0.717, 1.165) is 37.6 Å². The van der Waals surface area contributed by atoms with Gasteiger partial charge in [0.05, 0.1) is 18.4 Å². The molecule has 1 unspecified atom stereocenters. The lowest BCUT2D eigenvalue weighted by Crippen LogP contribution is -2.46. The Balaban J connectivity index is 1.34. The summed E-state index contributed by atoms with van der Waals surface area (Å²) in [5.41, 5.74) is 2.64. The SMILES string of the molecule is CC(NC(=O)c1cnc(N2CCN(c3ccccc3)CC2)cn1)c1ccccc1. The molecule has 6 nitrogen and oxygen atoms in total. The topological polar surface area (TPSA) is 61.4 Å². The number of carbonyl (C=O) groups excluding carboxylic acids is 1. The zero-order chi connectivity index (χ0) is 20.1. The Morgan fingerprint density at radius 3 is 2.10 bits per heavy atom. The van der Waals surface area contributed by atoms with E-state index in [1.165, 1.54) is 5.69 Å². The number of aromatic nitrogens is 2. The molecular formula is C23H25N5O. The second kappa shape index (κ2) is 8.73. The van der Waals surface area contributed by atoms with Crippen molar-refractivity contribution in [3.05, 3.63) is 84.3 Å². The second-order valence-corrected chi connectivity index (χ2v) is 7.18. The molecule has 1 aromatic heterocycles. The van der Waals surface area contributed by atoms with Gasteiger partial charge in [-0.1, -0.05) is 48.5 Å². The highest BCUT2D eigenvalue weighted by molar-refractivity contribution is 5.92. The number of amides is 1. The van der Waals surface area contributed by atoms with Crippen molar-refractivity contribution in [3.8, 4) is 0 Å². The number of anilines is 2. The molecule has 0 spiro atoms. The number of benzene rings is 2. The maximum atomic E-state index is 12.5. The second-order valence-electron chi connectivity index (χ2n) is 7.18. The van der Waals surface area contributed by atoms with E-state index in [1.54, 1.807) is 12.4 Å². The number of nitrogens with zero attached hydrogens (tertiary/aromatic N) is 4. The van der Waals surface area contributed by atoms with Gasteiger partial charge in [0, 0.05) is 31.9 Å². The average Bonchev–Trinajstić information content (AvgIpc) is 2.80. The van der Waals surface area contributed by atoms with E-state index in [9.17, 15) is 4.79 Å². The highest BCUT2D eigenvalue weighted by atomic mass is 16.1. The zero-order valence-electron chi connectivity index (χ0n) is 16.5. The van der Waals surface area contributed by atoms with Gasteiger partial charge in [0.1, 0.15) is 11.5 Å². The zero-order valence-corrected chi connectivity index (χ0v) is 16.5. The van der Waals surface area contributed by atoms with Gasteiger partial charge >= 0.3 is 0 Å². The van der Waals surface area contributed by atoms with Gasteiger partial charge < -0.3 is 15.1 Å². The standard InChI is InChI=1S/C23H25N5O/c1-18(19-8-4-2-5-9-19)26-23(29)21-16-25-22(17-24-21)28-14-12-27(13-15-28)20-10-6-3-7-11-20/h2-11,16-18H,12-15H2,1H3,(H,26,29). The van der Waals surface area contributed by atoms with Crippen LogP contribution in [0.3, 0.4) is 0 Å². The van der Waals surface area contributed by atoms with Crippen molar-refractivity contribution >= 4 is 17.4 Å². The van der Waals surface area contributed by atoms with Crippen molar-refractivity contribution in [2.45, 2.75) is 13.0 Å². The van der Waals surface area contributed by atoms with Crippen molar-refractivity contribution in [2.75, 3.05) is 36.0 Å². The fourth-order valence-electron chi connectivity index (χ4n) is 3.53. The predicted octanol–water partition coefficient (Wildman–Crippen LogP) is 3.29. The fourth-order valence-corrected chi connectivity index (χ4v) is 3.53. The van der Waals surface area contributed by atoms with E-state index in [4.69, 9.17) is 0 Å². The quantitative estimate of drug-likeness (QED) is 0.728. The molecule has 6 heteroatoms. The van der Waals surface area contributed by atoms with E-state index >= 15 is 0 Å². The van der Waals surface area contributed by atoms with E-state index < -0.39 is 0 Å². The summed E-state index contributed by atoms with van der Waals surface area (Å²) in [6.07, 6.45) is 3.26. The first-order chi connectivity index (χ1) is 14.2. The molecule has 1 amide bonds. The molecule has 2 heterocycles. The number of hydrogen-bond acceptors (Lipinski definition) is 5. The van der Waals surface area contributed by atoms with Crippen molar-refractivity contribution in [1.29, 1.82) is 0 Å². The van der Waals surface area contributed by atoms with E-state index in [0.29, 0.717) is 5.69 Å². The van der Waals surface area contributed by atoms with Crippen LogP contribution in [0, 0.1) is 0 Å². The Kier molecular flexibility index (Phi) is 5.70. The van der Waals surface area contributed by atoms with Gasteiger partial charge in [-0.3, -0.25) is 4.79 Å². The minimum absolute atomic E-state index is 0.0868. The van der Waals surface area contributed by atoms with Crippen LogP contribution >= 0.6 is 0 Å². The summed E-state index contributed by atoms with van der Waals surface area (Å²) in [7, 11) is 0. The number of hydrogen-bond donors (Lipinski definition) is 1. The van der Waals surface area contributed by atoms with Crippen LogP contribution in [-0.2, 0) is 0 Å². The van der Waals surface area contributed by atoms with Crippen LogP contribution in [0.1, 0.15) is 29.0 Å². The summed E-state index contributed by atoms with van der Waals surface area (Å²) in [4.78, 5) is 25.9. The third-order valence-electron chi connectivity index (χ3n) is 5.24. The summed E-state index contributed by atoms with van der Waals surface area (Å²) in [6, 6.07) is 20.2. The molecule has 1 aliphatic rings. The summed E-state index contributed by atoms with van der Waals surface area (Å²) in [6.45, 7) is 5.58. The average molecular weight is 387 g/mol. The molecule has 1 saturated heterocycles. The van der Waals surface area contributed by atoms with Gasteiger partial charge in [0.15, 0.2) is 0 Å². The van der Waals surface area contributed by atoms with Crippen LogP contribution in [0.15, 0.2) is 73.1 Å². The van der Waals surface area contributed by atoms with Crippen LogP contribution in [0.4, 0.5) is 11.5 Å². The van der Waals surface area contributed by atoms with Crippen molar-refractivity contribution in [3.63, 3.8) is 0 Å². The lowest BCUT2D eigenvalue weighted by molar-refractivity contribution is 0.0934. The summed E-state index contributed by atoms with van der Waals surface area (Å²) in [5.74, 6) is 0.597. The number of piperazine rings is 1. The van der Waals surface area contributed by atoms with Crippen LogP contribution < -0.4 is 15.1 Å². The van der Waals surface area contributed by atoms with Gasteiger partial charge in [0.2, 0.25) is 0 Å². The summed E-state index contributed by atoms with van der Waals surface area (Å²) < 4.78 is 0. The molecule has 1 atom stereocenters. The highest BCUT2D eigenvalue weighted by Crippen LogP contribution is 2.18. The van der Waals surface area contributed by atoms with Crippen LogP contribution in [-0.4, -0.2) is 42.1 Å². The predicted molar refractivity (Wildman–Crippen MR) is 115 cm³/mol. The lowest BCUT2D eigenvalue weighted by Gasteiger charge is -2.36. The van der Waals surface area contributed by atoms with Gasteiger partial charge in [-0.25, -0.2) is 9.97 Å². The van der Waals surface area contributed by atoms with Crippen LogP contribution in [0.5, 0.6) is 0 Å². The minimum atomic E-state index is -0.214. The minimum Gasteiger partial charge on any atom is -0.368 e. The van der Waals surface area contributed by atoms with Crippen molar-refractivity contribution in [1.82, 2.24) is 15.3 Å². The largest absolute Gasteiger partial charge is 0.368 e. The highest BCUT2D eigenvalue weighted by Gasteiger charge is 2.19. The Labute approximate surface area is 171 Å². The van der Waals surface area contributed by atoms with Crippen LogP contribution in [0.25, 0.3) is 0 Å². The Hall–Kier alpha value is -3.41. The third-order valence-corrected chi connectivity index (χ3v) is 5.24. The Bertz CT molecular complexity index is 923. The monoisotopic (exact) mass is 387 g/mol. The number of para-hydroxylation sites is 1. The first kappa shape index (κ1) is 18.9. The molecule has 0 saturated carbocycles. The third kappa shape index (κ3) is 4.54. The number of rotatable bonds is 5. The molecule has 29 heavy (non-hydrogen) atoms. The van der Waals surface area contributed by atoms with Gasteiger partial charge in [-0.05, 0) is 24.6 Å². The molecule has 4 rings (SSSR count). The molecule has 0 aliphatic carbocycles. The normalized spacial score (nSPS) is 15.1. The molecule has 148 valence electrons. The molecule has 1 aliphatic heterocycles. The van der Waals surface area contributed by atoms with Crippen LogP contribution in [0.2, 0.25) is 0 Å². The molecule has 2 aromatic carbocycles. The van der Waals surface area contributed by atoms with Gasteiger partial charge in [-0.2, -0.15) is 0 Å². The first-order valence-corrected chi connectivity index (χ1v) is 9.93. The molecule has 3 aromatic rings. The molecule has 1 N–H and O–H groups in total. The van der Waals surface area contributed by atoms with E-state index in [-0.39, 0.29) is 11.9 Å². The van der Waals surface area contributed by atoms with Crippen molar-refractivity contribution in [2.24, 2.45) is 0 Å². The maximum absolute atomic E-state index is 12.5. The smallest absolute Gasteiger partial charge is 0.271 e. The molecule has 1 fully saturated rings. The van der Waals surface area contributed by atoms with E-state index in [1.807, 2.05) is 43.3 Å². The number of carbonyl (C=O) groups is 1. The first-order valence-electron chi connectivity index (χ1n) is 9.93. The fraction of sp³-hybridized carbons (Fsp3) is 0.261.